The Bertz CT molecular complexity index is 615. The molecule has 0 aliphatic rings. The SMILES string of the molecule is COC(=O)C(C)c1cc(Cl)nc2ccc(Br)cc12. The first-order valence-corrected chi connectivity index (χ1v) is 6.53. The van der Waals surface area contributed by atoms with Crippen molar-refractivity contribution in [3.8, 4) is 0 Å². The molecule has 94 valence electrons. The van der Waals surface area contributed by atoms with Crippen molar-refractivity contribution in [2.24, 2.45) is 0 Å². The van der Waals surface area contributed by atoms with Crippen molar-refractivity contribution in [3.63, 3.8) is 0 Å². The van der Waals surface area contributed by atoms with E-state index in [2.05, 4.69) is 20.9 Å². The fourth-order valence-corrected chi connectivity index (χ4v) is 2.42. The summed E-state index contributed by atoms with van der Waals surface area (Å²) in [6, 6.07) is 7.38. The molecule has 2 rings (SSSR count). The first-order valence-electron chi connectivity index (χ1n) is 5.36. The molecule has 0 aliphatic heterocycles. The van der Waals surface area contributed by atoms with Gasteiger partial charge in [0.05, 0.1) is 18.5 Å². The third-order valence-corrected chi connectivity index (χ3v) is 3.48. The summed E-state index contributed by atoms with van der Waals surface area (Å²) in [5.41, 5.74) is 1.58. The number of hydrogen-bond acceptors (Lipinski definition) is 3. The Morgan fingerprint density at radius 1 is 1.44 bits per heavy atom. The van der Waals surface area contributed by atoms with E-state index in [0.717, 1.165) is 20.9 Å². The van der Waals surface area contributed by atoms with E-state index >= 15 is 0 Å². The van der Waals surface area contributed by atoms with Gasteiger partial charge in [0.25, 0.3) is 0 Å². The fourth-order valence-electron chi connectivity index (χ4n) is 1.85. The van der Waals surface area contributed by atoms with Crippen LogP contribution >= 0.6 is 27.5 Å². The highest BCUT2D eigenvalue weighted by Crippen LogP contribution is 2.30. The summed E-state index contributed by atoms with van der Waals surface area (Å²) in [6.07, 6.45) is 0. The molecule has 2 aromatic rings. The number of carbonyl (C=O) groups is 1. The Kier molecular flexibility index (Phi) is 3.88. The molecule has 0 saturated carbocycles. The Balaban J connectivity index is 2.68. The number of esters is 1. The number of pyridine rings is 1. The van der Waals surface area contributed by atoms with Crippen LogP contribution in [0.5, 0.6) is 0 Å². The molecule has 0 N–H and O–H groups in total. The van der Waals surface area contributed by atoms with Crippen LogP contribution in [-0.2, 0) is 9.53 Å². The monoisotopic (exact) mass is 327 g/mol. The van der Waals surface area contributed by atoms with Gasteiger partial charge >= 0.3 is 5.97 Å². The smallest absolute Gasteiger partial charge is 0.312 e. The molecule has 1 aromatic heterocycles. The molecule has 0 saturated heterocycles. The second-order valence-corrected chi connectivity index (χ2v) is 5.24. The maximum atomic E-state index is 11.7. The average molecular weight is 329 g/mol. The van der Waals surface area contributed by atoms with Gasteiger partial charge in [-0.2, -0.15) is 0 Å². The summed E-state index contributed by atoms with van der Waals surface area (Å²) in [5.74, 6) is -0.675. The van der Waals surface area contributed by atoms with Gasteiger partial charge in [-0.1, -0.05) is 27.5 Å². The third kappa shape index (κ3) is 2.49. The van der Waals surface area contributed by atoms with Gasteiger partial charge in [0.2, 0.25) is 0 Å². The molecule has 1 unspecified atom stereocenters. The van der Waals surface area contributed by atoms with Gasteiger partial charge in [-0.15, -0.1) is 0 Å². The number of nitrogens with zero attached hydrogens (tertiary/aromatic N) is 1. The summed E-state index contributed by atoms with van der Waals surface area (Å²) in [4.78, 5) is 15.9. The van der Waals surface area contributed by atoms with Crippen LogP contribution in [0.1, 0.15) is 18.4 Å². The number of rotatable bonds is 2. The highest BCUT2D eigenvalue weighted by molar-refractivity contribution is 9.10. The van der Waals surface area contributed by atoms with Gasteiger partial charge in [-0.05, 0) is 36.8 Å². The van der Waals surface area contributed by atoms with Crippen LogP contribution in [0.25, 0.3) is 10.9 Å². The van der Waals surface area contributed by atoms with Gasteiger partial charge in [-0.3, -0.25) is 4.79 Å². The van der Waals surface area contributed by atoms with Crippen molar-refractivity contribution in [1.82, 2.24) is 4.98 Å². The van der Waals surface area contributed by atoms with Gasteiger partial charge < -0.3 is 4.74 Å². The molecular formula is C13H11BrClNO2. The lowest BCUT2D eigenvalue weighted by molar-refractivity contribution is -0.141. The van der Waals surface area contributed by atoms with E-state index in [1.807, 2.05) is 18.2 Å². The molecule has 0 fully saturated rings. The normalized spacial score (nSPS) is 12.4. The number of hydrogen-bond donors (Lipinski definition) is 0. The summed E-state index contributed by atoms with van der Waals surface area (Å²) in [7, 11) is 1.37. The standard InChI is InChI=1S/C13H11BrClNO2/c1-7(13(17)18-2)9-6-12(15)16-11-4-3-8(14)5-10(9)11/h3-7H,1-2H3. The molecule has 5 heteroatoms. The zero-order chi connectivity index (χ0) is 13.3. The maximum absolute atomic E-state index is 11.7. The van der Waals surface area contributed by atoms with E-state index in [1.165, 1.54) is 7.11 Å². The van der Waals surface area contributed by atoms with E-state index in [0.29, 0.717) is 5.15 Å². The molecule has 1 aromatic carbocycles. The van der Waals surface area contributed by atoms with E-state index in [-0.39, 0.29) is 11.9 Å². The summed E-state index contributed by atoms with van der Waals surface area (Å²) in [5, 5.41) is 1.27. The van der Waals surface area contributed by atoms with Gasteiger partial charge in [-0.25, -0.2) is 4.98 Å². The molecule has 0 radical (unpaired) electrons. The highest BCUT2D eigenvalue weighted by Gasteiger charge is 2.19. The van der Waals surface area contributed by atoms with Crippen molar-refractivity contribution in [1.29, 1.82) is 0 Å². The summed E-state index contributed by atoms with van der Waals surface area (Å²) >= 11 is 9.39. The summed E-state index contributed by atoms with van der Waals surface area (Å²) < 4.78 is 5.70. The molecule has 0 bridgehead atoms. The highest BCUT2D eigenvalue weighted by atomic mass is 79.9. The first kappa shape index (κ1) is 13.3. The van der Waals surface area contributed by atoms with Crippen molar-refractivity contribution in [2.75, 3.05) is 7.11 Å². The van der Waals surface area contributed by atoms with Crippen LogP contribution in [0.4, 0.5) is 0 Å². The van der Waals surface area contributed by atoms with Gasteiger partial charge in [0, 0.05) is 9.86 Å². The molecule has 0 aliphatic carbocycles. The second-order valence-electron chi connectivity index (χ2n) is 3.94. The maximum Gasteiger partial charge on any atom is 0.312 e. The van der Waals surface area contributed by atoms with Crippen LogP contribution in [0.15, 0.2) is 28.7 Å². The van der Waals surface area contributed by atoms with Gasteiger partial charge in [0.1, 0.15) is 5.15 Å². The van der Waals surface area contributed by atoms with E-state index in [1.54, 1.807) is 13.0 Å². The number of carbonyl (C=O) groups excluding carboxylic acids is 1. The van der Waals surface area contributed by atoms with Crippen LogP contribution < -0.4 is 0 Å². The zero-order valence-electron chi connectivity index (χ0n) is 9.91. The van der Waals surface area contributed by atoms with Crippen LogP contribution in [0, 0.1) is 0 Å². The number of fused-ring (bicyclic) bond motifs is 1. The molecule has 0 amide bonds. The Morgan fingerprint density at radius 3 is 2.83 bits per heavy atom. The van der Waals surface area contributed by atoms with E-state index in [9.17, 15) is 4.79 Å². The topological polar surface area (TPSA) is 39.2 Å². The number of methoxy groups -OCH3 is 1. The minimum Gasteiger partial charge on any atom is -0.469 e. The van der Waals surface area contributed by atoms with Crippen molar-refractivity contribution in [2.45, 2.75) is 12.8 Å². The van der Waals surface area contributed by atoms with Gasteiger partial charge in [0.15, 0.2) is 0 Å². The minimum atomic E-state index is -0.382. The van der Waals surface area contributed by atoms with Crippen molar-refractivity contribution >= 4 is 44.4 Å². The quantitative estimate of drug-likeness (QED) is 0.619. The van der Waals surface area contributed by atoms with Crippen molar-refractivity contribution < 1.29 is 9.53 Å². The average Bonchev–Trinajstić information content (AvgIpc) is 2.36. The Morgan fingerprint density at radius 2 is 2.17 bits per heavy atom. The van der Waals surface area contributed by atoms with Crippen LogP contribution in [0.2, 0.25) is 5.15 Å². The van der Waals surface area contributed by atoms with E-state index < -0.39 is 0 Å². The minimum absolute atomic E-state index is 0.293. The second kappa shape index (κ2) is 5.24. The molecule has 1 atom stereocenters. The molecule has 1 heterocycles. The third-order valence-electron chi connectivity index (χ3n) is 2.79. The lowest BCUT2D eigenvalue weighted by Crippen LogP contribution is -2.11. The van der Waals surface area contributed by atoms with Crippen LogP contribution in [-0.4, -0.2) is 18.1 Å². The molecule has 3 nitrogen and oxygen atoms in total. The Hall–Kier alpha value is -1.13. The fraction of sp³-hybridized carbons (Fsp3) is 0.231. The molecule has 0 spiro atoms. The Labute approximate surface area is 118 Å². The van der Waals surface area contributed by atoms with Crippen molar-refractivity contribution in [3.05, 3.63) is 39.5 Å². The lowest BCUT2D eigenvalue weighted by Gasteiger charge is -2.13. The predicted octanol–water partition coefficient (Wildman–Crippen LogP) is 3.93. The van der Waals surface area contributed by atoms with E-state index in [4.69, 9.17) is 16.3 Å². The number of aromatic nitrogens is 1. The first-order chi connectivity index (χ1) is 8.52. The number of benzene rings is 1. The largest absolute Gasteiger partial charge is 0.469 e. The lowest BCUT2D eigenvalue weighted by atomic mass is 9.97. The number of halogens is 2. The molecule has 18 heavy (non-hydrogen) atoms. The van der Waals surface area contributed by atoms with Crippen LogP contribution in [0.3, 0.4) is 0 Å². The zero-order valence-corrected chi connectivity index (χ0v) is 12.2. The summed E-state index contributed by atoms with van der Waals surface area (Å²) in [6.45, 7) is 1.79. The number of ether oxygens (including phenoxy) is 1. The predicted molar refractivity (Wildman–Crippen MR) is 74.9 cm³/mol. The molecular weight excluding hydrogens is 318 g/mol.